The van der Waals surface area contributed by atoms with Crippen molar-refractivity contribution in [2.45, 2.75) is 0 Å². The Morgan fingerprint density at radius 1 is 0.773 bits per heavy atom. The van der Waals surface area contributed by atoms with Gasteiger partial charge in [0.2, 0.25) is 0 Å². The second-order valence-corrected chi connectivity index (χ2v) is 5.66. The molecule has 5 rings (SSSR count). The maximum atomic E-state index is 6.12. The van der Waals surface area contributed by atoms with Crippen molar-refractivity contribution in [2.75, 3.05) is 11.9 Å². The Bertz CT molecular complexity index is 1030. The van der Waals surface area contributed by atoms with Gasteiger partial charge in [-0.25, -0.2) is 0 Å². The fourth-order valence-electron chi connectivity index (χ4n) is 3.28. The van der Waals surface area contributed by atoms with Crippen molar-refractivity contribution in [3.63, 3.8) is 0 Å². The monoisotopic (exact) mass is 286 g/mol. The molecule has 4 aromatic rings. The number of rotatable bonds is 0. The first-order valence-corrected chi connectivity index (χ1v) is 7.36. The van der Waals surface area contributed by atoms with E-state index in [0.717, 1.165) is 33.9 Å². The number of para-hydroxylation sites is 3. The molecular formula is C19H14N2O. The third kappa shape index (κ3) is 1.45. The van der Waals surface area contributed by atoms with Gasteiger partial charge >= 0.3 is 0 Å². The zero-order valence-corrected chi connectivity index (χ0v) is 12.1. The minimum atomic E-state index is 0.900. The first kappa shape index (κ1) is 11.7. The predicted molar refractivity (Wildman–Crippen MR) is 90.4 cm³/mol. The Labute approximate surface area is 127 Å². The van der Waals surface area contributed by atoms with E-state index in [2.05, 4.69) is 59.4 Å². The van der Waals surface area contributed by atoms with Gasteiger partial charge in [0.1, 0.15) is 0 Å². The van der Waals surface area contributed by atoms with Crippen LogP contribution in [-0.2, 0) is 0 Å². The van der Waals surface area contributed by atoms with Crippen LogP contribution in [-0.4, -0.2) is 12.0 Å². The van der Waals surface area contributed by atoms with Crippen LogP contribution in [0, 0.1) is 0 Å². The summed E-state index contributed by atoms with van der Waals surface area (Å²) in [6.07, 6.45) is 0. The van der Waals surface area contributed by atoms with Crippen LogP contribution in [0.25, 0.3) is 21.8 Å². The quantitative estimate of drug-likeness (QED) is 0.481. The molecule has 3 heteroatoms. The van der Waals surface area contributed by atoms with E-state index in [9.17, 15) is 0 Å². The van der Waals surface area contributed by atoms with Crippen LogP contribution in [0.5, 0.6) is 11.5 Å². The van der Waals surface area contributed by atoms with Gasteiger partial charge in [0.05, 0.1) is 11.4 Å². The highest BCUT2D eigenvalue weighted by Crippen LogP contribution is 2.47. The van der Waals surface area contributed by atoms with E-state index < -0.39 is 0 Å². The number of nitrogens with one attached hydrogen (secondary N) is 1. The zero-order chi connectivity index (χ0) is 14.7. The van der Waals surface area contributed by atoms with Crippen LogP contribution in [0.2, 0.25) is 0 Å². The van der Waals surface area contributed by atoms with Gasteiger partial charge in [-0.15, -0.1) is 0 Å². The van der Waals surface area contributed by atoms with Gasteiger partial charge in [0.25, 0.3) is 0 Å². The van der Waals surface area contributed by atoms with Gasteiger partial charge < -0.3 is 14.6 Å². The summed E-state index contributed by atoms with van der Waals surface area (Å²) < 4.78 is 6.12. The SMILES string of the molecule is CN1c2ccccc2Oc2cc3c(cc21)[nH]c1ccccc13. The molecule has 0 aliphatic carbocycles. The molecule has 1 aliphatic heterocycles. The summed E-state index contributed by atoms with van der Waals surface area (Å²) in [6.45, 7) is 0. The summed E-state index contributed by atoms with van der Waals surface area (Å²) >= 11 is 0. The third-order valence-electron chi connectivity index (χ3n) is 4.39. The number of H-pyrrole nitrogens is 1. The van der Waals surface area contributed by atoms with E-state index >= 15 is 0 Å². The second-order valence-electron chi connectivity index (χ2n) is 5.66. The van der Waals surface area contributed by atoms with Crippen LogP contribution >= 0.6 is 0 Å². The molecule has 0 amide bonds. The number of nitrogens with zero attached hydrogens (tertiary/aromatic N) is 1. The highest BCUT2D eigenvalue weighted by molar-refractivity contribution is 6.09. The van der Waals surface area contributed by atoms with Crippen LogP contribution in [0.3, 0.4) is 0 Å². The minimum Gasteiger partial charge on any atom is -0.453 e. The Hall–Kier alpha value is -2.94. The molecule has 0 bridgehead atoms. The lowest BCUT2D eigenvalue weighted by molar-refractivity contribution is 0.476. The second kappa shape index (κ2) is 4.04. The van der Waals surface area contributed by atoms with Crippen molar-refractivity contribution in [2.24, 2.45) is 0 Å². The summed E-state index contributed by atoms with van der Waals surface area (Å²) in [4.78, 5) is 5.67. The van der Waals surface area contributed by atoms with Crippen LogP contribution in [0.4, 0.5) is 11.4 Å². The first-order chi connectivity index (χ1) is 10.8. The summed E-state index contributed by atoms with van der Waals surface area (Å²) in [5, 5.41) is 2.42. The normalized spacial score (nSPS) is 13.0. The van der Waals surface area contributed by atoms with Crippen LogP contribution in [0.15, 0.2) is 60.7 Å². The van der Waals surface area contributed by atoms with Crippen molar-refractivity contribution in [1.82, 2.24) is 4.98 Å². The topological polar surface area (TPSA) is 28.3 Å². The van der Waals surface area contributed by atoms with Crippen molar-refractivity contribution in [1.29, 1.82) is 0 Å². The molecule has 0 saturated heterocycles. The molecular weight excluding hydrogens is 272 g/mol. The Morgan fingerprint density at radius 3 is 2.55 bits per heavy atom. The number of hydrogen-bond acceptors (Lipinski definition) is 2. The summed E-state index contributed by atoms with van der Waals surface area (Å²) in [5.41, 5.74) is 4.46. The molecule has 0 spiro atoms. The van der Waals surface area contributed by atoms with Crippen LogP contribution < -0.4 is 9.64 Å². The van der Waals surface area contributed by atoms with E-state index in [0.29, 0.717) is 0 Å². The average Bonchev–Trinajstić information content (AvgIpc) is 2.91. The Kier molecular flexibility index (Phi) is 2.15. The highest BCUT2D eigenvalue weighted by Gasteiger charge is 2.22. The summed E-state index contributed by atoms with van der Waals surface area (Å²) in [7, 11) is 2.08. The van der Waals surface area contributed by atoms with Crippen LogP contribution in [0.1, 0.15) is 0 Å². The minimum absolute atomic E-state index is 0.900. The number of hydrogen-bond donors (Lipinski definition) is 1. The molecule has 1 N–H and O–H groups in total. The Morgan fingerprint density at radius 2 is 1.59 bits per heavy atom. The maximum absolute atomic E-state index is 6.12. The van der Waals surface area contributed by atoms with E-state index in [1.165, 1.54) is 10.8 Å². The molecule has 0 atom stereocenters. The lowest BCUT2D eigenvalue weighted by Gasteiger charge is -2.29. The summed E-state index contributed by atoms with van der Waals surface area (Å²) in [5.74, 6) is 1.80. The fraction of sp³-hybridized carbons (Fsp3) is 0.0526. The number of anilines is 2. The lowest BCUT2D eigenvalue weighted by atomic mass is 10.1. The van der Waals surface area contributed by atoms with Gasteiger partial charge in [-0.1, -0.05) is 30.3 Å². The van der Waals surface area contributed by atoms with E-state index in [4.69, 9.17) is 4.74 Å². The van der Waals surface area contributed by atoms with Crippen molar-refractivity contribution in [3.8, 4) is 11.5 Å². The van der Waals surface area contributed by atoms with Crippen molar-refractivity contribution in [3.05, 3.63) is 60.7 Å². The van der Waals surface area contributed by atoms with Gasteiger partial charge in [-0.05, 0) is 30.3 Å². The van der Waals surface area contributed by atoms with Gasteiger partial charge in [-0.3, -0.25) is 0 Å². The first-order valence-electron chi connectivity index (χ1n) is 7.36. The molecule has 3 nitrogen and oxygen atoms in total. The van der Waals surface area contributed by atoms with Gasteiger partial charge in [0, 0.05) is 28.9 Å². The molecule has 22 heavy (non-hydrogen) atoms. The predicted octanol–water partition coefficient (Wildman–Crippen LogP) is 5.19. The van der Waals surface area contributed by atoms with Crippen molar-refractivity contribution < 1.29 is 4.74 Å². The van der Waals surface area contributed by atoms with E-state index in [1.807, 2.05) is 18.2 Å². The molecule has 0 unspecified atom stereocenters. The van der Waals surface area contributed by atoms with E-state index in [1.54, 1.807) is 0 Å². The molecule has 3 aromatic carbocycles. The molecule has 106 valence electrons. The van der Waals surface area contributed by atoms with Gasteiger partial charge in [0.15, 0.2) is 11.5 Å². The molecule has 1 aromatic heterocycles. The largest absolute Gasteiger partial charge is 0.453 e. The zero-order valence-electron chi connectivity index (χ0n) is 12.1. The molecule has 0 saturated carbocycles. The number of fused-ring (bicyclic) bond motifs is 5. The third-order valence-corrected chi connectivity index (χ3v) is 4.39. The van der Waals surface area contributed by atoms with E-state index in [-0.39, 0.29) is 0 Å². The molecule has 2 heterocycles. The fourth-order valence-corrected chi connectivity index (χ4v) is 3.28. The lowest BCUT2D eigenvalue weighted by Crippen LogP contribution is -2.15. The van der Waals surface area contributed by atoms with Crippen molar-refractivity contribution >= 4 is 33.2 Å². The number of aromatic amines is 1. The number of aromatic nitrogens is 1. The molecule has 0 radical (unpaired) electrons. The smallest absolute Gasteiger partial charge is 0.151 e. The Balaban J connectivity index is 1.82. The molecule has 0 fully saturated rings. The number of benzene rings is 3. The highest BCUT2D eigenvalue weighted by atomic mass is 16.5. The van der Waals surface area contributed by atoms with Gasteiger partial charge in [-0.2, -0.15) is 0 Å². The molecule has 1 aliphatic rings. The standard InChI is InChI=1S/C19H14N2O/c1-21-16-8-4-5-9-18(16)22-19-10-13-12-6-2-3-7-14(12)20-15(13)11-17(19)21/h2-11,20H,1H3. The number of ether oxygens (including phenoxy) is 1. The maximum Gasteiger partial charge on any atom is 0.151 e. The average molecular weight is 286 g/mol. The summed E-state index contributed by atoms with van der Waals surface area (Å²) in [6, 6.07) is 20.8.